The van der Waals surface area contributed by atoms with Crippen molar-refractivity contribution in [2.75, 3.05) is 13.1 Å². The van der Waals surface area contributed by atoms with Crippen LogP contribution in [0.4, 0.5) is 0 Å². The number of guanidine groups is 1. The normalized spacial score (nSPS) is 17.8. The Morgan fingerprint density at radius 3 is 3.23 bits per heavy atom. The second-order valence-corrected chi connectivity index (χ2v) is 3.82. The van der Waals surface area contributed by atoms with Gasteiger partial charge in [0.15, 0.2) is 5.96 Å². The Kier molecular flexibility index (Phi) is 2.44. The minimum atomic E-state index is 0.240. The van der Waals surface area contributed by atoms with Crippen LogP contribution in [0.25, 0.3) is 0 Å². The van der Waals surface area contributed by atoms with Crippen LogP contribution in [0, 0.1) is 0 Å². The van der Waals surface area contributed by atoms with Crippen LogP contribution in [-0.4, -0.2) is 24.0 Å². The van der Waals surface area contributed by atoms with Crippen molar-refractivity contribution < 1.29 is 0 Å². The Morgan fingerprint density at radius 2 is 2.62 bits per heavy atom. The van der Waals surface area contributed by atoms with E-state index in [0.717, 1.165) is 24.1 Å². The molecule has 5 heteroatoms. The molecule has 0 fully saturated rings. The van der Waals surface area contributed by atoms with Gasteiger partial charge in [-0.15, -0.1) is 11.3 Å². The van der Waals surface area contributed by atoms with Crippen LogP contribution in [0.3, 0.4) is 0 Å². The SMILES string of the molecule is CC(NC1=NCCN1)c1nccs1. The van der Waals surface area contributed by atoms with Crippen molar-refractivity contribution in [3.63, 3.8) is 0 Å². The molecule has 0 saturated carbocycles. The summed E-state index contributed by atoms with van der Waals surface area (Å²) in [6.45, 7) is 3.89. The molecular weight excluding hydrogens is 184 g/mol. The number of rotatable bonds is 2. The van der Waals surface area contributed by atoms with Crippen LogP contribution < -0.4 is 10.6 Å². The number of hydrogen-bond donors (Lipinski definition) is 2. The zero-order valence-electron chi connectivity index (χ0n) is 7.45. The van der Waals surface area contributed by atoms with Crippen LogP contribution >= 0.6 is 11.3 Å². The van der Waals surface area contributed by atoms with Gasteiger partial charge in [0.25, 0.3) is 0 Å². The summed E-state index contributed by atoms with van der Waals surface area (Å²) in [5.74, 6) is 0.891. The molecule has 0 amide bonds. The molecule has 13 heavy (non-hydrogen) atoms. The number of nitrogens with one attached hydrogen (secondary N) is 2. The lowest BCUT2D eigenvalue weighted by Crippen LogP contribution is -2.35. The van der Waals surface area contributed by atoms with E-state index < -0.39 is 0 Å². The Morgan fingerprint density at radius 1 is 1.69 bits per heavy atom. The Labute approximate surface area is 81.1 Å². The highest BCUT2D eigenvalue weighted by molar-refractivity contribution is 7.09. The van der Waals surface area contributed by atoms with E-state index in [0.29, 0.717) is 0 Å². The highest BCUT2D eigenvalue weighted by atomic mass is 32.1. The van der Waals surface area contributed by atoms with Gasteiger partial charge in [0, 0.05) is 18.1 Å². The van der Waals surface area contributed by atoms with Gasteiger partial charge < -0.3 is 10.6 Å². The van der Waals surface area contributed by atoms with Crippen molar-refractivity contribution in [3.05, 3.63) is 16.6 Å². The van der Waals surface area contributed by atoms with E-state index in [-0.39, 0.29) is 6.04 Å². The van der Waals surface area contributed by atoms with E-state index in [9.17, 15) is 0 Å². The quantitative estimate of drug-likeness (QED) is 0.734. The molecule has 70 valence electrons. The fourth-order valence-electron chi connectivity index (χ4n) is 1.21. The fraction of sp³-hybridized carbons (Fsp3) is 0.500. The maximum absolute atomic E-state index is 4.26. The number of nitrogens with zero attached hydrogens (tertiary/aromatic N) is 2. The first-order chi connectivity index (χ1) is 6.36. The molecule has 0 spiro atoms. The third-order valence-electron chi connectivity index (χ3n) is 1.85. The van der Waals surface area contributed by atoms with Crippen molar-refractivity contribution in [2.24, 2.45) is 4.99 Å². The van der Waals surface area contributed by atoms with E-state index in [1.54, 1.807) is 11.3 Å². The molecule has 2 heterocycles. The van der Waals surface area contributed by atoms with Crippen molar-refractivity contribution in [1.82, 2.24) is 15.6 Å². The van der Waals surface area contributed by atoms with Gasteiger partial charge in [-0.2, -0.15) is 0 Å². The van der Waals surface area contributed by atoms with Crippen LogP contribution in [0.2, 0.25) is 0 Å². The van der Waals surface area contributed by atoms with Gasteiger partial charge in [0.1, 0.15) is 5.01 Å². The van der Waals surface area contributed by atoms with Crippen LogP contribution in [0.1, 0.15) is 18.0 Å². The predicted molar refractivity (Wildman–Crippen MR) is 54.0 cm³/mol. The van der Waals surface area contributed by atoms with E-state index >= 15 is 0 Å². The summed E-state index contributed by atoms with van der Waals surface area (Å²) >= 11 is 1.66. The molecule has 1 unspecified atom stereocenters. The number of aliphatic imine (C=N–C) groups is 1. The molecule has 0 aromatic carbocycles. The smallest absolute Gasteiger partial charge is 0.191 e. The Balaban J connectivity index is 1.95. The van der Waals surface area contributed by atoms with Gasteiger partial charge in [-0.05, 0) is 6.92 Å². The molecule has 2 N–H and O–H groups in total. The van der Waals surface area contributed by atoms with Gasteiger partial charge in [-0.1, -0.05) is 0 Å². The first-order valence-electron chi connectivity index (χ1n) is 4.30. The average molecular weight is 196 g/mol. The lowest BCUT2D eigenvalue weighted by Gasteiger charge is -2.11. The maximum Gasteiger partial charge on any atom is 0.191 e. The molecule has 1 atom stereocenters. The lowest BCUT2D eigenvalue weighted by atomic mass is 10.4. The van der Waals surface area contributed by atoms with E-state index in [1.165, 1.54) is 0 Å². The minimum absolute atomic E-state index is 0.240. The van der Waals surface area contributed by atoms with E-state index in [2.05, 4.69) is 27.5 Å². The van der Waals surface area contributed by atoms with Gasteiger partial charge in [0.05, 0.1) is 12.6 Å². The van der Waals surface area contributed by atoms with Crippen molar-refractivity contribution in [3.8, 4) is 0 Å². The third kappa shape index (κ3) is 1.98. The van der Waals surface area contributed by atoms with Gasteiger partial charge in [0.2, 0.25) is 0 Å². The third-order valence-corrected chi connectivity index (χ3v) is 2.81. The molecule has 0 aliphatic carbocycles. The molecule has 1 aromatic rings. The minimum Gasteiger partial charge on any atom is -0.355 e. The standard InChI is InChI=1S/C8H12N4S/c1-6(7-9-4-5-13-7)12-8-10-2-3-11-8/h4-6H,2-3H2,1H3,(H2,10,11,12). The molecule has 0 saturated heterocycles. The second-order valence-electron chi connectivity index (χ2n) is 2.89. The van der Waals surface area contributed by atoms with Crippen molar-refractivity contribution >= 4 is 17.3 Å². The Hall–Kier alpha value is -1.10. The van der Waals surface area contributed by atoms with Crippen LogP contribution in [0.5, 0.6) is 0 Å². The van der Waals surface area contributed by atoms with Gasteiger partial charge in [-0.25, -0.2) is 4.98 Å². The van der Waals surface area contributed by atoms with Crippen LogP contribution in [-0.2, 0) is 0 Å². The molecule has 1 aliphatic rings. The van der Waals surface area contributed by atoms with Gasteiger partial charge >= 0.3 is 0 Å². The monoisotopic (exact) mass is 196 g/mol. The zero-order valence-corrected chi connectivity index (χ0v) is 8.27. The van der Waals surface area contributed by atoms with E-state index in [4.69, 9.17) is 0 Å². The van der Waals surface area contributed by atoms with Crippen LogP contribution in [0.15, 0.2) is 16.6 Å². The number of hydrogen-bond acceptors (Lipinski definition) is 5. The average Bonchev–Trinajstić information content (AvgIpc) is 2.74. The second kappa shape index (κ2) is 3.74. The molecular formula is C8H12N4S. The van der Waals surface area contributed by atoms with Crippen molar-refractivity contribution in [2.45, 2.75) is 13.0 Å². The molecule has 4 nitrogen and oxygen atoms in total. The van der Waals surface area contributed by atoms with Gasteiger partial charge in [-0.3, -0.25) is 4.99 Å². The molecule has 0 bridgehead atoms. The lowest BCUT2D eigenvalue weighted by molar-refractivity contribution is 0.696. The molecule has 0 radical (unpaired) electrons. The largest absolute Gasteiger partial charge is 0.355 e. The predicted octanol–water partition coefficient (Wildman–Crippen LogP) is 0.753. The maximum atomic E-state index is 4.26. The first-order valence-corrected chi connectivity index (χ1v) is 5.18. The topological polar surface area (TPSA) is 49.3 Å². The highest BCUT2D eigenvalue weighted by Crippen LogP contribution is 2.14. The first kappa shape index (κ1) is 8.50. The summed E-state index contributed by atoms with van der Waals surface area (Å²) in [6.07, 6.45) is 1.82. The van der Waals surface area contributed by atoms with E-state index in [1.807, 2.05) is 11.6 Å². The Bertz CT molecular complexity index is 293. The summed E-state index contributed by atoms with van der Waals surface area (Å²) < 4.78 is 0. The summed E-state index contributed by atoms with van der Waals surface area (Å²) in [5.41, 5.74) is 0. The number of aromatic nitrogens is 1. The molecule has 1 aliphatic heterocycles. The summed E-state index contributed by atoms with van der Waals surface area (Å²) in [5, 5.41) is 9.51. The zero-order chi connectivity index (χ0) is 9.10. The van der Waals surface area contributed by atoms with Crippen molar-refractivity contribution in [1.29, 1.82) is 0 Å². The number of thiazole rings is 1. The summed E-state index contributed by atoms with van der Waals surface area (Å²) in [6, 6.07) is 0.240. The highest BCUT2D eigenvalue weighted by Gasteiger charge is 2.11. The molecule has 2 rings (SSSR count). The summed E-state index contributed by atoms with van der Waals surface area (Å²) in [4.78, 5) is 8.49. The fourth-order valence-corrected chi connectivity index (χ4v) is 1.86. The summed E-state index contributed by atoms with van der Waals surface area (Å²) in [7, 11) is 0. The molecule has 1 aromatic heterocycles.